The lowest BCUT2D eigenvalue weighted by molar-refractivity contribution is 0.992. The summed E-state index contributed by atoms with van der Waals surface area (Å²) in [6, 6.07) is 10.4. The Hall–Kier alpha value is -0.610. The van der Waals surface area contributed by atoms with Gasteiger partial charge in [-0.25, -0.2) is 0 Å². The van der Waals surface area contributed by atoms with E-state index in [9.17, 15) is 0 Å². The van der Waals surface area contributed by atoms with Crippen LogP contribution in [-0.4, -0.2) is 11.3 Å². The average molecular weight is 273 g/mol. The molecule has 0 amide bonds. The highest BCUT2D eigenvalue weighted by atomic mass is 31.1. The summed E-state index contributed by atoms with van der Waals surface area (Å²) >= 11 is 0. The normalized spacial score (nSPS) is 11.8. The monoisotopic (exact) mass is 273 g/mol. The van der Waals surface area contributed by atoms with Crippen molar-refractivity contribution >= 4 is 7.92 Å². The summed E-state index contributed by atoms with van der Waals surface area (Å²) in [6.07, 6.45) is 3.09. The fraction of sp³-hybridized carbons (Fsp3) is 0.389. The van der Waals surface area contributed by atoms with E-state index >= 15 is 0 Å². The maximum Gasteiger partial charge on any atom is -0.00220 e. The molecular weight excluding hydrogens is 247 g/mol. The first-order chi connectivity index (χ1) is 8.91. The Bertz CT molecular complexity index is 370. The van der Waals surface area contributed by atoms with Crippen LogP contribution in [0.15, 0.2) is 42.2 Å². The zero-order valence-electron chi connectivity index (χ0n) is 12.7. The van der Waals surface area contributed by atoms with Crippen molar-refractivity contribution < 1.29 is 0 Å². The number of rotatable bonds is 7. The molecule has 3 radical (unpaired) electrons. The van der Waals surface area contributed by atoms with Gasteiger partial charge in [-0.05, 0) is 42.6 Å². The van der Waals surface area contributed by atoms with Crippen LogP contribution in [0.25, 0.3) is 0 Å². The lowest BCUT2D eigenvalue weighted by atomic mass is 9.98. The summed E-state index contributed by atoms with van der Waals surface area (Å²) in [6.45, 7) is 17.7. The second kappa shape index (κ2) is 7.85. The summed E-state index contributed by atoms with van der Waals surface area (Å²) < 4.78 is 0. The van der Waals surface area contributed by atoms with E-state index in [2.05, 4.69) is 71.9 Å². The first-order valence-electron chi connectivity index (χ1n) is 6.95. The van der Waals surface area contributed by atoms with E-state index in [1.54, 1.807) is 0 Å². The van der Waals surface area contributed by atoms with Gasteiger partial charge in [0, 0.05) is 0 Å². The van der Waals surface area contributed by atoms with Gasteiger partial charge in [-0.15, -0.1) is 0 Å². The summed E-state index contributed by atoms with van der Waals surface area (Å²) in [5.41, 5.74) is 2.62. The molecule has 19 heavy (non-hydrogen) atoms. The Balaban J connectivity index is 2.56. The molecule has 0 aliphatic heterocycles. The van der Waals surface area contributed by atoms with Crippen LogP contribution in [0.4, 0.5) is 0 Å². The largest absolute Gasteiger partial charge is 0.0953 e. The maximum atomic E-state index is 4.33. The van der Waals surface area contributed by atoms with Gasteiger partial charge in [0.05, 0.1) is 0 Å². The first-order valence-corrected chi connectivity index (χ1v) is 8.43. The number of hydrogen-bond donors (Lipinski definition) is 0. The molecule has 0 atom stereocenters. The van der Waals surface area contributed by atoms with E-state index in [4.69, 9.17) is 0 Å². The van der Waals surface area contributed by atoms with Crippen molar-refractivity contribution in [2.45, 2.75) is 45.4 Å². The molecular formula is C18H26P. The molecule has 0 aliphatic carbocycles. The molecule has 0 heterocycles. The number of hydrogen-bond acceptors (Lipinski definition) is 0. The predicted octanol–water partition coefficient (Wildman–Crippen LogP) is 5.85. The summed E-state index contributed by atoms with van der Waals surface area (Å²) in [5.74, 6) is 1.16. The molecule has 1 aromatic carbocycles. The van der Waals surface area contributed by atoms with Gasteiger partial charge in [0.25, 0.3) is 0 Å². The molecule has 0 spiro atoms. The van der Waals surface area contributed by atoms with E-state index in [1.165, 1.54) is 10.9 Å². The van der Waals surface area contributed by atoms with Gasteiger partial charge >= 0.3 is 0 Å². The van der Waals surface area contributed by atoms with Crippen molar-refractivity contribution in [2.24, 2.45) is 0 Å². The summed E-state index contributed by atoms with van der Waals surface area (Å²) in [4.78, 5) is 0. The molecule has 0 saturated heterocycles. The Morgan fingerprint density at radius 1 is 1.11 bits per heavy atom. The third-order valence-corrected chi connectivity index (χ3v) is 6.19. The molecule has 0 aromatic heterocycles. The van der Waals surface area contributed by atoms with E-state index in [1.807, 2.05) is 6.07 Å². The molecule has 0 fully saturated rings. The Labute approximate surface area is 121 Å². The van der Waals surface area contributed by atoms with Gasteiger partial charge in [-0.3, -0.25) is 0 Å². The van der Waals surface area contributed by atoms with Crippen molar-refractivity contribution in [1.29, 1.82) is 0 Å². The van der Waals surface area contributed by atoms with Crippen LogP contribution in [0, 0.1) is 19.3 Å². The molecule has 0 nitrogen and oxygen atoms in total. The number of benzene rings is 1. The second-order valence-electron chi connectivity index (χ2n) is 5.55. The highest BCUT2D eigenvalue weighted by molar-refractivity contribution is 7.63. The fourth-order valence-corrected chi connectivity index (χ4v) is 5.55. The van der Waals surface area contributed by atoms with E-state index in [0.717, 1.165) is 12.3 Å². The molecule has 0 aliphatic rings. The average Bonchev–Trinajstić information content (AvgIpc) is 2.28. The van der Waals surface area contributed by atoms with Crippen LogP contribution in [0.5, 0.6) is 0 Å². The van der Waals surface area contributed by atoms with Gasteiger partial charge in [0.15, 0.2) is 0 Å². The topological polar surface area (TPSA) is 0 Å². The Kier molecular flexibility index (Phi) is 6.80. The smallest absolute Gasteiger partial charge is 0.00220 e. The molecule has 0 saturated carbocycles. The van der Waals surface area contributed by atoms with Crippen molar-refractivity contribution in [3.05, 3.63) is 67.1 Å². The van der Waals surface area contributed by atoms with Crippen LogP contribution < -0.4 is 0 Å². The third-order valence-electron chi connectivity index (χ3n) is 3.08. The van der Waals surface area contributed by atoms with Crippen LogP contribution in [0.3, 0.4) is 0 Å². The molecule has 1 rings (SSSR count). The SMILES string of the molecule is [CH2][C]([CH]c1ccccc1)CC(=C)P(C(C)C)C(C)C. The minimum atomic E-state index is -0.122. The highest BCUT2D eigenvalue weighted by Gasteiger charge is 2.21. The molecule has 0 N–H and O–H groups in total. The standard InChI is InChI=1S/C18H26P/c1-14(2)19(15(3)4)17(6)12-16(5)13-18-10-8-7-9-11-18/h7-11,13-15H,5-6,12H2,1-4H3. The Morgan fingerprint density at radius 2 is 1.63 bits per heavy atom. The van der Waals surface area contributed by atoms with Gasteiger partial charge in [-0.2, -0.15) is 0 Å². The first kappa shape index (κ1) is 16.4. The van der Waals surface area contributed by atoms with Crippen molar-refractivity contribution in [1.82, 2.24) is 0 Å². The van der Waals surface area contributed by atoms with Crippen LogP contribution >= 0.6 is 7.92 Å². The molecule has 0 unspecified atom stereocenters. The van der Waals surface area contributed by atoms with Gasteiger partial charge in [0.2, 0.25) is 0 Å². The van der Waals surface area contributed by atoms with Crippen LogP contribution in [-0.2, 0) is 0 Å². The van der Waals surface area contributed by atoms with Crippen molar-refractivity contribution in [3.63, 3.8) is 0 Å². The van der Waals surface area contributed by atoms with E-state index in [0.29, 0.717) is 11.3 Å². The second-order valence-corrected chi connectivity index (χ2v) is 9.06. The lowest BCUT2D eigenvalue weighted by Crippen LogP contribution is -2.07. The molecule has 1 heteroatoms. The minimum absolute atomic E-state index is 0.122. The quantitative estimate of drug-likeness (QED) is 0.547. The van der Waals surface area contributed by atoms with E-state index < -0.39 is 0 Å². The predicted molar refractivity (Wildman–Crippen MR) is 89.4 cm³/mol. The summed E-state index contributed by atoms with van der Waals surface area (Å²) in [5, 5.41) is 1.37. The fourth-order valence-electron chi connectivity index (χ4n) is 2.52. The minimum Gasteiger partial charge on any atom is -0.0953 e. The van der Waals surface area contributed by atoms with Crippen LogP contribution in [0.2, 0.25) is 0 Å². The zero-order chi connectivity index (χ0) is 14.4. The number of allylic oxidation sites excluding steroid dienone is 1. The van der Waals surface area contributed by atoms with Gasteiger partial charge < -0.3 is 0 Å². The maximum absolute atomic E-state index is 4.33. The van der Waals surface area contributed by atoms with E-state index in [-0.39, 0.29) is 7.92 Å². The van der Waals surface area contributed by atoms with Gasteiger partial charge in [-0.1, -0.05) is 77.8 Å². The molecule has 103 valence electrons. The van der Waals surface area contributed by atoms with Gasteiger partial charge in [0.1, 0.15) is 0 Å². The third kappa shape index (κ3) is 5.49. The molecule has 1 aromatic rings. The van der Waals surface area contributed by atoms with Crippen molar-refractivity contribution in [3.8, 4) is 0 Å². The Morgan fingerprint density at radius 3 is 2.11 bits per heavy atom. The lowest BCUT2D eigenvalue weighted by Gasteiger charge is -2.29. The summed E-state index contributed by atoms with van der Waals surface area (Å²) in [7, 11) is -0.122. The zero-order valence-corrected chi connectivity index (χ0v) is 13.6. The molecule has 0 bridgehead atoms. The van der Waals surface area contributed by atoms with Crippen LogP contribution in [0.1, 0.15) is 39.7 Å². The van der Waals surface area contributed by atoms with Crippen molar-refractivity contribution in [2.75, 3.05) is 0 Å². The highest BCUT2D eigenvalue weighted by Crippen LogP contribution is 2.54.